The second-order valence-corrected chi connectivity index (χ2v) is 7.31. The minimum atomic E-state index is -1.22. The summed E-state index contributed by atoms with van der Waals surface area (Å²) in [5.41, 5.74) is 7.17. The maximum atomic E-state index is 14.5. The number of phenols is 1. The largest absolute Gasteiger partial charge is 0.507 e. The molecule has 0 saturated heterocycles. The van der Waals surface area contributed by atoms with Gasteiger partial charge < -0.3 is 20.5 Å². The van der Waals surface area contributed by atoms with E-state index in [2.05, 4.69) is 4.98 Å². The minimum Gasteiger partial charge on any atom is -0.507 e. The monoisotopic (exact) mass is 421 g/mol. The number of amides is 2. The van der Waals surface area contributed by atoms with Crippen LogP contribution in [-0.2, 0) is 4.79 Å². The Balaban J connectivity index is 1.90. The standard InChI is InChI=1S/C23H20FN3O4/c1-13-9-16-18(12-31-21(16)17(24)10-13)27(23(30)15-6-2-3-7-19(15)28)20(22(25)29)14-5-4-8-26-11-14/h2-11,18,20,28H,12H2,1H3,(H2,25,29)/t18-,20-/m1/s1. The molecule has 0 saturated carbocycles. The number of para-hydroxylation sites is 1. The Morgan fingerprint density at radius 2 is 2.03 bits per heavy atom. The van der Waals surface area contributed by atoms with E-state index in [-0.39, 0.29) is 23.7 Å². The Labute approximate surface area is 177 Å². The van der Waals surface area contributed by atoms with Crippen LogP contribution in [0.25, 0.3) is 0 Å². The number of fused-ring (bicyclic) bond motifs is 1. The lowest BCUT2D eigenvalue weighted by Crippen LogP contribution is -2.44. The fourth-order valence-electron chi connectivity index (χ4n) is 3.87. The summed E-state index contributed by atoms with van der Waals surface area (Å²) in [5.74, 6) is -2.21. The zero-order chi connectivity index (χ0) is 22.1. The van der Waals surface area contributed by atoms with Crippen LogP contribution >= 0.6 is 0 Å². The molecule has 158 valence electrons. The molecule has 2 atom stereocenters. The molecule has 4 rings (SSSR count). The molecule has 0 radical (unpaired) electrons. The zero-order valence-corrected chi connectivity index (χ0v) is 16.7. The molecule has 1 aliphatic heterocycles. The Hall–Kier alpha value is -3.94. The predicted octanol–water partition coefficient (Wildman–Crippen LogP) is 3.04. The molecular formula is C23H20FN3O4. The molecule has 31 heavy (non-hydrogen) atoms. The molecule has 0 aliphatic carbocycles. The van der Waals surface area contributed by atoms with Crippen molar-refractivity contribution in [2.45, 2.75) is 19.0 Å². The number of carbonyl (C=O) groups excluding carboxylic acids is 2. The van der Waals surface area contributed by atoms with Crippen LogP contribution in [-0.4, -0.2) is 33.4 Å². The molecule has 2 aromatic carbocycles. The lowest BCUT2D eigenvalue weighted by molar-refractivity contribution is -0.123. The molecule has 0 unspecified atom stereocenters. The van der Waals surface area contributed by atoms with E-state index in [4.69, 9.17) is 10.5 Å². The van der Waals surface area contributed by atoms with Gasteiger partial charge in [-0.1, -0.05) is 18.2 Å². The molecule has 1 aromatic heterocycles. The van der Waals surface area contributed by atoms with E-state index in [0.717, 1.165) is 0 Å². The third-order valence-corrected chi connectivity index (χ3v) is 5.21. The molecule has 3 N–H and O–H groups in total. The van der Waals surface area contributed by atoms with Gasteiger partial charge >= 0.3 is 0 Å². The highest BCUT2D eigenvalue weighted by Gasteiger charge is 2.42. The summed E-state index contributed by atoms with van der Waals surface area (Å²) in [6, 6.07) is 10.3. The first kappa shape index (κ1) is 20.3. The summed E-state index contributed by atoms with van der Waals surface area (Å²) in [4.78, 5) is 31.5. The van der Waals surface area contributed by atoms with E-state index < -0.39 is 29.7 Å². The normalized spacial score (nSPS) is 15.6. The van der Waals surface area contributed by atoms with Crippen LogP contribution in [0.3, 0.4) is 0 Å². The van der Waals surface area contributed by atoms with Gasteiger partial charge in [-0.15, -0.1) is 0 Å². The smallest absolute Gasteiger partial charge is 0.259 e. The van der Waals surface area contributed by atoms with Crippen molar-refractivity contribution in [3.63, 3.8) is 0 Å². The van der Waals surface area contributed by atoms with Gasteiger partial charge in [0.25, 0.3) is 5.91 Å². The summed E-state index contributed by atoms with van der Waals surface area (Å²) in [6.45, 7) is 1.65. The molecule has 1 aliphatic rings. The lowest BCUT2D eigenvalue weighted by atomic mass is 9.97. The van der Waals surface area contributed by atoms with Gasteiger partial charge in [0.2, 0.25) is 5.91 Å². The first-order valence-corrected chi connectivity index (χ1v) is 9.61. The molecule has 0 spiro atoms. The third-order valence-electron chi connectivity index (χ3n) is 5.21. The number of phenolic OH excluding ortho intramolecular Hbond substituents is 1. The van der Waals surface area contributed by atoms with Gasteiger partial charge in [-0.2, -0.15) is 0 Å². The molecule has 0 fully saturated rings. The highest BCUT2D eigenvalue weighted by Crippen LogP contribution is 2.43. The Morgan fingerprint density at radius 3 is 2.71 bits per heavy atom. The van der Waals surface area contributed by atoms with Crippen LogP contribution in [0.5, 0.6) is 11.5 Å². The lowest BCUT2D eigenvalue weighted by Gasteiger charge is -2.34. The van der Waals surface area contributed by atoms with Crippen LogP contribution in [0.1, 0.15) is 39.1 Å². The number of aryl methyl sites for hydroxylation is 1. The van der Waals surface area contributed by atoms with Crippen molar-refractivity contribution < 1.29 is 23.8 Å². The average Bonchev–Trinajstić information content (AvgIpc) is 3.16. The molecule has 8 heteroatoms. The number of benzene rings is 2. The number of ether oxygens (including phenoxy) is 1. The SMILES string of the molecule is Cc1cc(F)c2c(c1)[C@H](N(C(=O)c1ccccc1O)[C@@H](C(N)=O)c1cccnc1)CO2. The van der Waals surface area contributed by atoms with Crippen LogP contribution < -0.4 is 10.5 Å². The van der Waals surface area contributed by atoms with Gasteiger partial charge in [-0.25, -0.2) is 4.39 Å². The van der Waals surface area contributed by atoms with Crippen molar-refractivity contribution in [3.05, 3.63) is 89.0 Å². The van der Waals surface area contributed by atoms with Crippen molar-refractivity contribution in [3.8, 4) is 11.5 Å². The molecule has 0 bridgehead atoms. The summed E-state index contributed by atoms with van der Waals surface area (Å²) in [6.07, 6.45) is 2.97. The maximum absolute atomic E-state index is 14.5. The summed E-state index contributed by atoms with van der Waals surface area (Å²) in [7, 11) is 0. The van der Waals surface area contributed by atoms with Gasteiger partial charge in [-0.3, -0.25) is 14.6 Å². The topological polar surface area (TPSA) is 106 Å². The minimum absolute atomic E-state index is 0.0146. The van der Waals surface area contributed by atoms with Gasteiger partial charge in [0.15, 0.2) is 11.6 Å². The Kier molecular flexibility index (Phi) is 5.29. The number of halogens is 1. The number of nitrogens with zero attached hydrogens (tertiary/aromatic N) is 2. The number of pyridine rings is 1. The molecule has 3 aromatic rings. The van der Waals surface area contributed by atoms with Gasteiger partial charge in [0.05, 0.1) is 11.6 Å². The second kappa shape index (κ2) is 8.06. The second-order valence-electron chi connectivity index (χ2n) is 7.31. The fraction of sp³-hybridized carbons (Fsp3) is 0.174. The average molecular weight is 421 g/mol. The van der Waals surface area contributed by atoms with Crippen LogP contribution in [0.2, 0.25) is 0 Å². The first-order chi connectivity index (χ1) is 14.9. The molecule has 7 nitrogen and oxygen atoms in total. The van der Waals surface area contributed by atoms with Crippen molar-refractivity contribution >= 4 is 11.8 Å². The highest BCUT2D eigenvalue weighted by molar-refractivity contribution is 6.00. The van der Waals surface area contributed by atoms with Gasteiger partial charge in [-0.05, 0) is 42.8 Å². The zero-order valence-electron chi connectivity index (χ0n) is 16.7. The fourth-order valence-corrected chi connectivity index (χ4v) is 3.87. The van der Waals surface area contributed by atoms with Gasteiger partial charge in [0.1, 0.15) is 18.4 Å². The van der Waals surface area contributed by atoms with Crippen LogP contribution in [0.15, 0.2) is 60.9 Å². The van der Waals surface area contributed by atoms with E-state index in [1.54, 1.807) is 37.3 Å². The van der Waals surface area contributed by atoms with E-state index in [9.17, 15) is 19.1 Å². The number of aromatic nitrogens is 1. The Morgan fingerprint density at radius 1 is 1.26 bits per heavy atom. The summed E-state index contributed by atoms with van der Waals surface area (Å²) >= 11 is 0. The van der Waals surface area contributed by atoms with E-state index in [1.807, 2.05) is 0 Å². The molecular weight excluding hydrogens is 401 g/mol. The Bertz CT molecular complexity index is 1150. The first-order valence-electron chi connectivity index (χ1n) is 9.61. The van der Waals surface area contributed by atoms with Gasteiger partial charge in [0, 0.05) is 23.5 Å². The highest BCUT2D eigenvalue weighted by atomic mass is 19.1. The quantitative estimate of drug-likeness (QED) is 0.659. The number of primary amides is 1. The number of nitrogens with two attached hydrogens (primary N) is 1. The van der Waals surface area contributed by atoms with Crippen molar-refractivity contribution in [2.75, 3.05) is 6.61 Å². The predicted molar refractivity (Wildman–Crippen MR) is 110 cm³/mol. The molecule has 2 heterocycles. The van der Waals surface area contributed by atoms with Crippen molar-refractivity contribution in [1.82, 2.24) is 9.88 Å². The number of hydrogen-bond donors (Lipinski definition) is 2. The van der Waals surface area contributed by atoms with E-state index in [0.29, 0.717) is 16.7 Å². The van der Waals surface area contributed by atoms with E-state index in [1.165, 1.54) is 35.5 Å². The van der Waals surface area contributed by atoms with Crippen LogP contribution in [0, 0.1) is 12.7 Å². The maximum Gasteiger partial charge on any atom is 0.259 e. The number of aromatic hydroxyl groups is 1. The summed E-state index contributed by atoms with van der Waals surface area (Å²) in [5, 5.41) is 10.3. The number of carbonyl (C=O) groups is 2. The summed E-state index contributed by atoms with van der Waals surface area (Å²) < 4.78 is 20.0. The van der Waals surface area contributed by atoms with E-state index >= 15 is 0 Å². The number of rotatable bonds is 5. The number of hydrogen-bond acceptors (Lipinski definition) is 5. The van der Waals surface area contributed by atoms with Crippen molar-refractivity contribution in [1.29, 1.82) is 0 Å². The van der Waals surface area contributed by atoms with Crippen LogP contribution in [0.4, 0.5) is 4.39 Å². The van der Waals surface area contributed by atoms with Crippen molar-refractivity contribution in [2.24, 2.45) is 5.73 Å². The third kappa shape index (κ3) is 3.68. The molecule has 2 amide bonds.